The van der Waals surface area contributed by atoms with E-state index in [1.54, 1.807) is 25.3 Å². The van der Waals surface area contributed by atoms with Crippen LogP contribution in [0.15, 0.2) is 36.5 Å². The largest absolute Gasteiger partial charge is 0.481 e. The molecule has 4 aromatic rings. The van der Waals surface area contributed by atoms with Crippen molar-refractivity contribution in [1.29, 1.82) is 0 Å². The van der Waals surface area contributed by atoms with E-state index in [-0.39, 0.29) is 23.5 Å². The van der Waals surface area contributed by atoms with Gasteiger partial charge in [-0.15, -0.1) is 0 Å². The van der Waals surface area contributed by atoms with Gasteiger partial charge in [0.15, 0.2) is 5.82 Å². The number of aromatic amines is 1. The summed E-state index contributed by atoms with van der Waals surface area (Å²) in [6.07, 6.45) is 4.04. The lowest BCUT2D eigenvalue weighted by atomic mass is 9.69. The SMILES string of the molecule is CC(C)c1c([C@H]2CC[C@](C)(C(=O)O)CC2)c2c(F)c3[nH]ncc3cc2n1-c1ccc(F)cc1. The van der Waals surface area contributed by atoms with Crippen molar-refractivity contribution in [2.75, 3.05) is 0 Å². The van der Waals surface area contributed by atoms with E-state index in [1.807, 2.05) is 10.6 Å². The molecule has 172 valence electrons. The van der Waals surface area contributed by atoms with Crippen LogP contribution < -0.4 is 0 Å². The Kier molecular flexibility index (Phi) is 5.03. The van der Waals surface area contributed by atoms with Crippen LogP contribution in [0.1, 0.15) is 69.5 Å². The third kappa shape index (κ3) is 3.33. The fraction of sp³-hybridized carbons (Fsp3) is 0.385. The number of hydrogen-bond acceptors (Lipinski definition) is 2. The molecule has 0 radical (unpaired) electrons. The van der Waals surface area contributed by atoms with Crippen LogP contribution in [0.25, 0.3) is 27.5 Å². The van der Waals surface area contributed by atoms with Crippen molar-refractivity contribution in [3.8, 4) is 5.69 Å². The van der Waals surface area contributed by atoms with Gasteiger partial charge in [0.05, 0.1) is 17.1 Å². The van der Waals surface area contributed by atoms with Crippen molar-refractivity contribution in [2.45, 2.75) is 58.3 Å². The van der Waals surface area contributed by atoms with Crippen LogP contribution in [0.4, 0.5) is 8.78 Å². The van der Waals surface area contributed by atoms with Crippen molar-refractivity contribution >= 4 is 27.8 Å². The number of aliphatic carboxylic acids is 1. The molecule has 0 bridgehead atoms. The minimum absolute atomic E-state index is 0.0360. The van der Waals surface area contributed by atoms with Gasteiger partial charge in [-0.05, 0) is 80.3 Å². The molecule has 0 saturated heterocycles. The standard InChI is InChI=1S/C26H27F2N3O2/c1-14(2)24-20(15-8-10-26(3,11-9-15)25(32)33)21-19(12-16-13-29-30-23(16)22(21)28)31(24)18-6-4-17(27)5-7-18/h4-7,12-15H,8-11H2,1-3H3,(H,29,30)(H,32,33)/t15-,26-. The van der Waals surface area contributed by atoms with Crippen LogP contribution in [-0.4, -0.2) is 25.8 Å². The number of aromatic nitrogens is 3. The first-order valence-corrected chi connectivity index (χ1v) is 11.4. The molecule has 33 heavy (non-hydrogen) atoms. The van der Waals surface area contributed by atoms with Crippen LogP contribution in [0.5, 0.6) is 0 Å². The number of nitrogens with one attached hydrogen (secondary N) is 1. The quantitative estimate of drug-likeness (QED) is 0.365. The van der Waals surface area contributed by atoms with E-state index in [1.165, 1.54) is 12.1 Å². The minimum atomic E-state index is -0.774. The summed E-state index contributed by atoms with van der Waals surface area (Å²) in [5.41, 5.74) is 3.02. The lowest BCUT2D eigenvalue weighted by molar-refractivity contribution is -0.149. The van der Waals surface area contributed by atoms with Gasteiger partial charge in [0.1, 0.15) is 11.3 Å². The predicted octanol–water partition coefficient (Wildman–Crippen LogP) is 6.66. The van der Waals surface area contributed by atoms with Gasteiger partial charge in [-0.2, -0.15) is 5.10 Å². The lowest BCUT2D eigenvalue weighted by Gasteiger charge is -2.34. The molecule has 0 unspecified atom stereocenters. The third-order valence-corrected chi connectivity index (χ3v) is 7.33. The Hall–Kier alpha value is -3.22. The second-order valence-corrected chi connectivity index (χ2v) is 9.82. The highest BCUT2D eigenvalue weighted by atomic mass is 19.1. The van der Waals surface area contributed by atoms with E-state index in [2.05, 4.69) is 24.0 Å². The van der Waals surface area contributed by atoms with E-state index in [4.69, 9.17) is 0 Å². The van der Waals surface area contributed by atoms with Gasteiger partial charge < -0.3 is 9.67 Å². The zero-order valence-corrected chi connectivity index (χ0v) is 19.0. The average molecular weight is 452 g/mol. The van der Waals surface area contributed by atoms with E-state index in [9.17, 15) is 14.3 Å². The van der Waals surface area contributed by atoms with Crippen LogP contribution in [0.3, 0.4) is 0 Å². The second kappa shape index (κ2) is 7.68. The number of halogens is 2. The smallest absolute Gasteiger partial charge is 0.309 e. The number of H-pyrrole nitrogens is 1. The molecular formula is C26H27F2N3O2. The van der Waals surface area contributed by atoms with Gasteiger partial charge in [0.25, 0.3) is 0 Å². The number of hydrogen-bond donors (Lipinski definition) is 2. The molecular weight excluding hydrogens is 424 g/mol. The van der Waals surface area contributed by atoms with Gasteiger partial charge in [-0.1, -0.05) is 13.8 Å². The van der Waals surface area contributed by atoms with Crippen LogP contribution in [0, 0.1) is 17.0 Å². The Morgan fingerprint density at radius 3 is 2.48 bits per heavy atom. The molecule has 1 aliphatic carbocycles. The normalized spacial score (nSPS) is 21.3. The van der Waals surface area contributed by atoms with Gasteiger partial charge >= 0.3 is 5.97 Å². The number of carboxylic acids is 1. The molecule has 7 heteroatoms. The highest BCUT2D eigenvalue weighted by Gasteiger charge is 2.40. The van der Waals surface area contributed by atoms with E-state index in [0.717, 1.165) is 22.5 Å². The van der Waals surface area contributed by atoms with Gasteiger partial charge in [0.2, 0.25) is 0 Å². The predicted molar refractivity (Wildman–Crippen MR) is 124 cm³/mol. The summed E-state index contributed by atoms with van der Waals surface area (Å²) in [6.45, 7) is 5.95. The van der Waals surface area contributed by atoms with Crippen molar-refractivity contribution in [2.24, 2.45) is 5.41 Å². The molecule has 2 heterocycles. The molecule has 0 spiro atoms. The Morgan fingerprint density at radius 1 is 1.21 bits per heavy atom. The van der Waals surface area contributed by atoms with Gasteiger partial charge in [0, 0.05) is 22.2 Å². The first-order valence-electron chi connectivity index (χ1n) is 11.4. The second-order valence-electron chi connectivity index (χ2n) is 9.82. The number of rotatable bonds is 4. The summed E-state index contributed by atoms with van der Waals surface area (Å²) in [5.74, 6) is -1.34. The van der Waals surface area contributed by atoms with E-state index in [0.29, 0.717) is 42.0 Å². The number of carbonyl (C=O) groups is 1. The molecule has 0 amide bonds. The molecule has 1 saturated carbocycles. The molecule has 0 atom stereocenters. The number of benzene rings is 2. The average Bonchev–Trinajstić information content (AvgIpc) is 3.38. The Balaban J connectivity index is 1.80. The van der Waals surface area contributed by atoms with Gasteiger partial charge in [-0.25, -0.2) is 8.78 Å². The molecule has 5 rings (SSSR count). The Labute approximate surface area is 190 Å². The van der Waals surface area contributed by atoms with Crippen molar-refractivity contribution < 1.29 is 18.7 Å². The maximum Gasteiger partial charge on any atom is 0.309 e. The van der Waals surface area contributed by atoms with Crippen molar-refractivity contribution in [3.05, 3.63) is 59.4 Å². The molecule has 5 nitrogen and oxygen atoms in total. The number of fused-ring (bicyclic) bond motifs is 2. The van der Waals surface area contributed by atoms with E-state index < -0.39 is 11.4 Å². The molecule has 2 aromatic heterocycles. The first kappa shape index (κ1) is 21.6. The molecule has 2 N–H and O–H groups in total. The Morgan fingerprint density at radius 2 is 1.88 bits per heavy atom. The third-order valence-electron chi connectivity index (χ3n) is 7.33. The fourth-order valence-electron chi connectivity index (χ4n) is 5.46. The summed E-state index contributed by atoms with van der Waals surface area (Å²) in [4.78, 5) is 11.8. The summed E-state index contributed by atoms with van der Waals surface area (Å²) in [5, 5.41) is 17.7. The first-order chi connectivity index (χ1) is 15.7. The Bertz CT molecular complexity index is 1360. The fourth-order valence-corrected chi connectivity index (χ4v) is 5.46. The van der Waals surface area contributed by atoms with Gasteiger partial charge in [-0.3, -0.25) is 9.89 Å². The monoisotopic (exact) mass is 451 g/mol. The minimum Gasteiger partial charge on any atom is -0.481 e. The molecule has 2 aromatic carbocycles. The van der Waals surface area contributed by atoms with Crippen LogP contribution in [0.2, 0.25) is 0 Å². The summed E-state index contributed by atoms with van der Waals surface area (Å²) in [6, 6.07) is 8.18. The van der Waals surface area contributed by atoms with Crippen molar-refractivity contribution in [1.82, 2.24) is 14.8 Å². The topological polar surface area (TPSA) is 70.9 Å². The summed E-state index contributed by atoms with van der Waals surface area (Å²) in [7, 11) is 0. The van der Waals surface area contributed by atoms with E-state index >= 15 is 4.39 Å². The van der Waals surface area contributed by atoms with Crippen LogP contribution >= 0.6 is 0 Å². The number of carboxylic acid groups (broad SMARTS) is 1. The summed E-state index contributed by atoms with van der Waals surface area (Å²) < 4.78 is 31.7. The zero-order valence-electron chi connectivity index (χ0n) is 19.0. The highest BCUT2D eigenvalue weighted by molar-refractivity contribution is 5.99. The molecule has 1 aliphatic rings. The molecule has 0 aliphatic heterocycles. The summed E-state index contributed by atoms with van der Waals surface area (Å²) >= 11 is 0. The maximum absolute atomic E-state index is 16.0. The lowest BCUT2D eigenvalue weighted by Crippen LogP contribution is -2.32. The number of nitrogens with zero attached hydrogens (tertiary/aromatic N) is 2. The maximum atomic E-state index is 16.0. The highest BCUT2D eigenvalue weighted by Crippen LogP contribution is 2.49. The molecule has 1 fully saturated rings. The van der Waals surface area contributed by atoms with Crippen molar-refractivity contribution in [3.63, 3.8) is 0 Å². The van der Waals surface area contributed by atoms with Crippen LogP contribution in [-0.2, 0) is 4.79 Å². The zero-order chi connectivity index (χ0) is 23.5.